The number of hydrogen-bond donors (Lipinski definition) is 1. The molecular formula is C20H19NO5. The summed E-state index contributed by atoms with van der Waals surface area (Å²) < 4.78 is 10.2. The molecule has 2 aromatic rings. The van der Waals surface area contributed by atoms with E-state index in [9.17, 15) is 14.4 Å². The minimum atomic E-state index is -0.548. The first-order valence-electron chi connectivity index (χ1n) is 8.02. The number of esters is 2. The van der Waals surface area contributed by atoms with Crippen LogP contribution >= 0.6 is 0 Å². The molecule has 0 spiro atoms. The lowest BCUT2D eigenvalue weighted by Gasteiger charge is -2.07. The molecule has 6 heteroatoms. The van der Waals surface area contributed by atoms with Crippen LogP contribution in [0.1, 0.15) is 33.2 Å². The Hall–Kier alpha value is -3.41. The van der Waals surface area contributed by atoms with E-state index in [0.717, 1.165) is 5.56 Å². The third kappa shape index (κ3) is 5.31. The largest absolute Gasteiger partial charge is 0.462 e. The van der Waals surface area contributed by atoms with Gasteiger partial charge in [-0.1, -0.05) is 24.8 Å². The first-order valence-corrected chi connectivity index (χ1v) is 8.02. The number of carbonyl (C=O) groups is 3. The molecule has 0 aliphatic rings. The summed E-state index contributed by atoms with van der Waals surface area (Å²) in [5, 5.41) is 2.65. The number of rotatable bonds is 7. The molecule has 1 N–H and O–H groups in total. The fourth-order valence-corrected chi connectivity index (χ4v) is 2.09. The van der Waals surface area contributed by atoms with Gasteiger partial charge in [0.2, 0.25) is 5.91 Å². The normalized spacial score (nSPS) is 9.88. The van der Waals surface area contributed by atoms with Gasteiger partial charge in [0.05, 0.1) is 17.7 Å². The van der Waals surface area contributed by atoms with E-state index in [-0.39, 0.29) is 18.3 Å². The molecule has 134 valence electrons. The first-order chi connectivity index (χ1) is 12.5. The van der Waals surface area contributed by atoms with E-state index in [4.69, 9.17) is 9.47 Å². The Morgan fingerprint density at radius 2 is 1.77 bits per heavy atom. The Kier molecular flexibility index (Phi) is 6.68. The second-order valence-electron chi connectivity index (χ2n) is 5.26. The third-order valence-corrected chi connectivity index (χ3v) is 3.40. The predicted molar refractivity (Wildman–Crippen MR) is 95.8 cm³/mol. The van der Waals surface area contributed by atoms with Crippen molar-refractivity contribution in [1.29, 1.82) is 0 Å². The van der Waals surface area contributed by atoms with Gasteiger partial charge in [0.15, 0.2) is 0 Å². The van der Waals surface area contributed by atoms with E-state index >= 15 is 0 Å². The molecule has 0 aliphatic carbocycles. The predicted octanol–water partition coefficient (Wildman–Crippen LogP) is 2.88. The van der Waals surface area contributed by atoms with Crippen LogP contribution in [0.25, 0.3) is 0 Å². The third-order valence-electron chi connectivity index (χ3n) is 3.40. The average Bonchev–Trinajstić information content (AvgIpc) is 2.66. The molecule has 0 fully saturated rings. The van der Waals surface area contributed by atoms with Crippen LogP contribution in [0.15, 0.2) is 61.2 Å². The molecule has 0 saturated heterocycles. The molecule has 6 nitrogen and oxygen atoms in total. The Balaban J connectivity index is 2.01. The molecule has 0 heterocycles. The minimum absolute atomic E-state index is 0.253. The Bertz CT molecular complexity index is 811. The summed E-state index contributed by atoms with van der Waals surface area (Å²) in [7, 11) is 0. The first kappa shape index (κ1) is 18.9. The van der Waals surface area contributed by atoms with Crippen molar-refractivity contribution < 1.29 is 23.9 Å². The summed E-state index contributed by atoms with van der Waals surface area (Å²) in [4.78, 5) is 35.1. The van der Waals surface area contributed by atoms with Gasteiger partial charge >= 0.3 is 11.9 Å². The van der Waals surface area contributed by atoms with Crippen molar-refractivity contribution in [2.45, 2.75) is 13.5 Å². The molecule has 0 radical (unpaired) electrons. The number of nitrogens with one attached hydrogen (secondary N) is 1. The van der Waals surface area contributed by atoms with Gasteiger partial charge in [-0.05, 0) is 48.9 Å². The van der Waals surface area contributed by atoms with Crippen LogP contribution in [-0.4, -0.2) is 24.5 Å². The molecular weight excluding hydrogens is 334 g/mol. The highest BCUT2D eigenvalue weighted by Gasteiger charge is 2.12. The summed E-state index contributed by atoms with van der Waals surface area (Å²) in [6, 6.07) is 12.9. The van der Waals surface area contributed by atoms with Gasteiger partial charge in [-0.15, -0.1) is 0 Å². The average molecular weight is 353 g/mol. The maximum atomic E-state index is 12.2. The zero-order valence-corrected chi connectivity index (χ0v) is 14.4. The Morgan fingerprint density at radius 1 is 1.04 bits per heavy atom. The maximum Gasteiger partial charge on any atom is 0.343 e. The molecule has 0 aliphatic heterocycles. The number of hydrogen-bond acceptors (Lipinski definition) is 5. The Morgan fingerprint density at radius 3 is 2.42 bits per heavy atom. The molecule has 0 aromatic heterocycles. The highest BCUT2D eigenvalue weighted by molar-refractivity contribution is 5.92. The van der Waals surface area contributed by atoms with Gasteiger partial charge < -0.3 is 14.8 Å². The van der Waals surface area contributed by atoms with E-state index in [1.807, 2.05) is 0 Å². The van der Waals surface area contributed by atoms with Crippen molar-refractivity contribution in [2.24, 2.45) is 0 Å². The quantitative estimate of drug-likeness (QED) is 0.470. The molecule has 0 atom stereocenters. The maximum absolute atomic E-state index is 12.2. The van der Waals surface area contributed by atoms with E-state index in [2.05, 4.69) is 11.9 Å². The van der Waals surface area contributed by atoms with Crippen molar-refractivity contribution in [3.8, 4) is 5.75 Å². The van der Waals surface area contributed by atoms with Crippen LogP contribution in [0.5, 0.6) is 5.75 Å². The number of benzene rings is 2. The van der Waals surface area contributed by atoms with Gasteiger partial charge in [0, 0.05) is 6.54 Å². The lowest BCUT2D eigenvalue weighted by Crippen LogP contribution is -2.20. The second-order valence-corrected chi connectivity index (χ2v) is 5.26. The molecule has 0 saturated carbocycles. The molecule has 26 heavy (non-hydrogen) atoms. The van der Waals surface area contributed by atoms with Crippen LogP contribution in [0, 0.1) is 0 Å². The van der Waals surface area contributed by atoms with Crippen molar-refractivity contribution in [2.75, 3.05) is 6.61 Å². The molecule has 1 amide bonds. The summed E-state index contributed by atoms with van der Waals surface area (Å²) in [6.45, 7) is 5.69. The van der Waals surface area contributed by atoms with E-state index in [0.29, 0.717) is 17.7 Å². The minimum Gasteiger partial charge on any atom is -0.462 e. The molecule has 0 unspecified atom stereocenters. The lowest BCUT2D eigenvalue weighted by molar-refractivity contribution is -0.116. The van der Waals surface area contributed by atoms with Crippen LogP contribution in [0.4, 0.5) is 0 Å². The highest BCUT2D eigenvalue weighted by atomic mass is 16.5. The molecule has 0 bridgehead atoms. The fraction of sp³-hybridized carbons (Fsp3) is 0.150. The van der Waals surface area contributed by atoms with E-state index < -0.39 is 11.9 Å². The number of amides is 1. The van der Waals surface area contributed by atoms with Crippen molar-refractivity contribution in [3.63, 3.8) is 0 Å². The van der Waals surface area contributed by atoms with Crippen LogP contribution in [-0.2, 0) is 16.1 Å². The van der Waals surface area contributed by atoms with Crippen LogP contribution < -0.4 is 10.1 Å². The van der Waals surface area contributed by atoms with Gasteiger partial charge in [-0.2, -0.15) is 0 Å². The standard InChI is InChI=1S/C20H19NO5/c1-3-18(22)21-13-14-8-10-15(11-9-14)20(24)26-17-7-5-6-16(12-17)19(23)25-4-2/h3,5-12H,1,4,13H2,2H3,(H,21,22). The van der Waals surface area contributed by atoms with Crippen molar-refractivity contribution in [3.05, 3.63) is 77.9 Å². The van der Waals surface area contributed by atoms with E-state index in [1.54, 1.807) is 49.4 Å². The van der Waals surface area contributed by atoms with Crippen molar-refractivity contribution in [1.82, 2.24) is 5.32 Å². The molecule has 2 rings (SSSR count). The van der Waals surface area contributed by atoms with Crippen LogP contribution in [0.2, 0.25) is 0 Å². The summed E-state index contributed by atoms with van der Waals surface area (Å²) in [6.07, 6.45) is 1.19. The summed E-state index contributed by atoms with van der Waals surface area (Å²) >= 11 is 0. The van der Waals surface area contributed by atoms with Gasteiger partial charge in [0.25, 0.3) is 0 Å². The zero-order chi connectivity index (χ0) is 18.9. The fourth-order valence-electron chi connectivity index (χ4n) is 2.09. The van der Waals surface area contributed by atoms with Gasteiger partial charge in [-0.3, -0.25) is 4.79 Å². The highest BCUT2D eigenvalue weighted by Crippen LogP contribution is 2.16. The van der Waals surface area contributed by atoms with E-state index in [1.165, 1.54) is 12.1 Å². The van der Waals surface area contributed by atoms with Gasteiger partial charge in [-0.25, -0.2) is 9.59 Å². The van der Waals surface area contributed by atoms with Crippen LogP contribution in [0.3, 0.4) is 0 Å². The number of carbonyl (C=O) groups excluding carboxylic acids is 3. The lowest BCUT2D eigenvalue weighted by atomic mass is 10.1. The SMILES string of the molecule is C=CC(=O)NCc1ccc(C(=O)Oc2cccc(C(=O)OCC)c2)cc1. The Labute approximate surface area is 151 Å². The van der Waals surface area contributed by atoms with Gasteiger partial charge in [0.1, 0.15) is 5.75 Å². The van der Waals surface area contributed by atoms with Crippen molar-refractivity contribution >= 4 is 17.8 Å². The number of ether oxygens (including phenoxy) is 2. The zero-order valence-electron chi connectivity index (χ0n) is 14.4. The summed E-state index contributed by atoms with van der Waals surface area (Å²) in [5.74, 6) is -1.04. The topological polar surface area (TPSA) is 81.7 Å². The smallest absolute Gasteiger partial charge is 0.343 e. The second kappa shape index (κ2) is 9.17. The molecule has 2 aromatic carbocycles. The monoisotopic (exact) mass is 353 g/mol. The summed E-state index contributed by atoms with van der Waals surface area (Å²) in [5.41, 5.74) is 1.50.